The van der Waals surface area contributed by atoms with E-state index in [2.05, 4.69) is 25.2 Å². The average Bonchev–Trinajstić information content (AvgIpc) is 3.00. The lowest BCUT2D eigenvalue weighted by molar-refractivity contribution is 0.346. The zero-order valence-electron chi connectivity index (χ0n) is 10.6. The fourth-order valence-electron chi connectivity index (χ4n) is 2.35. The first-order chi connectivity index (χ1) is 7.70. The monoisotopic (exact) mass is 221 g/mol. The van der Waals surface area contributed by atoms with E-state index in [4.69, 9.17) is 4.42 Å². The minimum Gasteiger partial charge on any atom is -0.465 e. The van der Waals surface area contributed by atoms with Crippen LogP contribution in [0.25, 0.3) is 0 Å². The molecular weight excluding hydrogens is 198 g/mol. The van der Waals surface area contributed by atoms with Crippen LogP contribution in [0.3, 0.4) is 0 Å². The van der Waals surface area contributed by atoms with E-state index >= 15 is 0 Å². The van der Waals surface area contributed by atoms with Gasteiger partial charge in [-0.2, -0.15) is 0 Å². The van der Waals surface area contributed by atoms with Gasteiger partial charge in [-0.3, -0.25) is 0 Å². The second-order valence-corrected chi connectivity index (χ2v) is 5.07. The van der Waals surface area contributed by atoms with Gasteiger partial charge < -0.3 is 9.73 Å². The molecule has 0 spiro atoms. The van der Waals surface area contributed by atoms with Gasteiger partial charge in [0, 0.05) is 6.04 Å². The fourth-order valence-corrected chi connectivity index (χ4v) is 2.35. The molecule has 1 aromatic rings. The zero-order chi connectivity index (χ0) is 11.5. The first kappa shape index (κ1) is 11.7. The Balaban J connectivity index is 1.91. The van der Waals surface area contributed by atoms with Crippen molar-refractivity contribution in [1.82, 2.24) is 5.32 Å². The van der Waals surface area contributed by atoms with E-state index in [1.807, 2.05) is 13.0 Å². The SMILES string of the molecule is CCCC(NC(C)c1ccc(C)o1)C1CC1. The van der Waals surface area contributed by atoms with Gasteiger partial charge in [-0.1, -0.05) is 13.3 Å². The van der Waals surface area contributed by atoms with Crippen LogP contribution >= 0.6 is 0 Å². The molecular formula is C14H23NO. The molecule has 16 heavy (non-hydrogen) atoms. The maximum absolute atomic E-state index is 5.66. The molecule has 2 nitrogen and oxygen atoms in total. The smallest absolute Gasteiger partial charge is 0.120 e. The third-order valence-corrected chi connectivity index (χ3v) is 3.44. The van der Waals surface area contributed by atoms with Crippen molar-refractivity contribution in [2.24, 2.45) is 5.92 Å². The van der Waals surface area contributed by atoms with Crippen LogP contribution in [-0.4, -0.2) is 6.04 Å². The summed E-state index contributed by atoms with van der Waals surface area (Å²) in [5.41, 5.74) is 0. The average molecular weight is 221 g/mol. The van der Waals surface area contributed by atoms with Gasteiger partial charge in [-0.05, 0) is 51.2 Å². The van der Waals surface area contributed by atoms with Crippen molar-refractivity contribution in [3.63, 3.8) is 0 Å². The highest BCUT2D eigenvalue weighted by molar-refractivity contribution is 5.09. The minimum absolute atomic E-state index is 0.339. The molecule has 1 fully saturated rings. The van der Waals surface area contributed by atoms with Gasteiger partial charge in [0.25, 0.3) is 0 Å². The number of aryl methyl sites for hydroxylation is 1. The molecule has 1 aliphatic carbocycles. The Labute approximate surface area is 98.4 Å². The summed E-state index contributed by atoms with van der Waals surface area (Å²) >= 11 is 0. The molecule has 2 atom stereocenters. The van der Waals surface area contributed by atoms with Crippen LogP contribution in [0.4, 0.5) is 0 Å². The van der Waals surface area contributed by atoms with Crippen molar-refractivity contribution < 1.29 is 4.42 Å². The Hall–Kier alpha value is -0.760. The van der Waals surface area contributed by atoms with E-state index in [-0.39, 0.29) is 0 Å². The Morgan fingerprint density at radius 2 is 2.19 bits per heavy atom. The summed E-state index contributed by atoms with van der Waals surface area (Å²) in [4.78, 5) is 0. The predicted molar refractivity (Wildman–Crippen MR) is 66.4 cm³/mol. The molecule has 2 unspecified atom stereocenters. The standard InChI is InChI=1S/C14H23NO/c1-4-5-13(12-7-8-12)15-11(3)14-9-6-10(2)16-14/h6,9,11-13,15H,4-5,7-8H2,1-3H3. The molecule has 1 heterocycles. The zero-order valence-corrected chi connectivity index (χ0v) is 10.6. The van der Waals surface area contributed by atoms with Crippen molar-refractivity contribution in [2.75, 3.05) is 0 Å². The first-order valence-electron chi connectivity index (χ1n) is 6.53. The van der Waals surface area contributed by atoms with E-state index in [1.165, 1.54) is 25.7 Å². The maximum Gasteiger partial charge on any atom is 0.120 e. The van der Waals surface area contributed by atoms with Crippen LogP contribution in [0, 0.1) is 12.8 Å². The maximum atomic E-state index is 5.66. The minimum atomic E-state index is 0.339. The molecule has 1 saturated carbocycles. The normalized spacial score (nSPS) is 19.7. The molecule has 0 saturated heterocycles. The second-order valence-electron chi connectivity index (χ2n) is 5.07. The number of hydrogen-bond acceptors (Lipinski definition) is 2. The van der Waals surface area contributed by atoms with E-state index in [0.29, 0.717) is 12.1 Å². The van der Waals surface area contributed by atoms with Crippen molar-refractivity contribution in [3.05, 3.63) is 23.7 Å². The molecule has 0 aliphatic heterocycles. The van der Waals surface area contributed by atoms with Crippen LogP contribution < -0.4 is 5.32 Å². The number of furan rings is 1. The lowest BCUT2D eigenvalue weighted by atomic mass is 10.1. The fraction of sp³-hybridized carbons (Fsp3) is 0.714. The van der Waals surface area contributed by atoms with Gasteiger partial charge >= 0.3 is 0 Å². The molecule has 90 valence electrons. The Morgan fingerprint density at radius 1 is 1.44 bits per heavy atom. The third kappa shape index (κ3) is 2.88. The summed E-state index contributed by atoms with van der Waals surface area (Å²) < 4.78 is 5.66. The number of hydrogen-bond donors (Lipinski definition) is 1. The van der Waals surface area contributed by atoms with Crippen LogP contribution in [0.15, 0.2) is 16.5 Å². The molecule has 0 bridgehead atoms. The summed E-state index contributed by atoms with van der Waals surface area (Å²) in [6, 6.07) is 5.15. The lowest BCUT2D eigenvalue weighted by Gasteiger charge is -2.21. The third-order valence-electron chi connectivity index (χ3n) is 3.44. The van der Waals surface area contributed by atoms with Gasteiger partial charge in [-0.15, -0.1) is 0 Å². The van der Waals surface area contributed by atoms with Crippen LogP contribution in [0.1, 0.15) is 57.1 Å². The Morgan fingerprint density at radius 3 is 2.69 bits per heavy atom. The first-order valence-corrected chi connectivity index (χ1v) is 6.53. The van der Waals surface area contributed by atoms with E-state index < -0.39 is 0 Å². The lowest BCUT2D eigenvalue weighted by Crippen LogP contribution is -2.33. The summed E-state index contributed by atoms with van der Waals surface area (Å²) in [6.45, 7) is 6.46. The van der Waals surface area contributed by atoms with Gasteiger partial charge in [0.05, 0.1) is 6.04 Å². The van der Waals surface area contributed by atoms with Crippen molar-refractivity contribution >= 4 is 0 Å². The predicted octanol–water partition coefficient (Wildman–Crippen LogP) is 3.82. The molecule has 2 rings (SSSR count). The highest BCUT2D eigenvalue weighted by Crippen LogP contribution is 2.35. The van der Waals surface area contributed by atoms with Crippen molar-refractivity contribution in [1.29, 1.82) is 0 Å². The molecule has 0 amide bonds. The second kappa shape index (κ2) is 5.05. The Bertz CT molecular complexity index is 327. The van der Waals surface area contributed by atoms with E-state index in [9.17, 15) is 0 Å². The van der Waals surface area contributed by atoms with Gasteiger partial charge in [0.1, 0.15) is 11.5 Å². The molecule has 1 aromatic heterocycles. The molecule has 1 N–H and O–H groups in total. The number of nitrogens with one attached hydrogen (secondary N) is 1. The number of rotatable bonds is 6. The highest BCUT2D eigenvalue weighted by atomic mass is 16.3. The summed E-state index contributed by atoms with van der Waals surface area (Å²) in [6.07, 6.45) is 5.36. The quantitative estimate of drug-likeness (QED) is 0.790. The van der Waals surface area contributed by atoms with Gasteiger partial charge in [0.2, 0.25) is 0 Å². The summed E-state index contributed by atoms with van der Waals surface area (Å²) in [5.74, 6) is 2.99. The van der Waals surface area contributed by atoms with Crippen LogP contribution in [0.2, 0.25) is 0 Å². The van der Waals surface area contributed by atoms with Crippen molar-refractivity contribution in [2.45, 2.75) is 58.5 Å². The summed E-state index contributed by atoms with van der Waals surface area (Å²) in [7, 11) is 0. The Kier molecular flexibility index (Phi) is 3.70. The van der Waals surface area contributed by atoms with E-state index in [1.54, 1.807) is 0 Å². The topological polar surface area (TPSA) is 25.2 Å². The van der Waals surface area contributed by atoms with E-state index in [0.717, 1.165) is 17.4 Å². The van der Waals surface area contributed by atoms with Crippen LogP contribution in [-0.2, 0) is 0 Å². The summed E-state index contributed by atoms with van der Waals surface area (Å²) in [5, 5.41) is 3.72. The van der Waals surface area contributed by atoms with Gasteiger partial charge in [0.15, 0.2) is 0 Å². The molecule has 0 aromatic carbocycles. The molecule has 2 heteroatoms. The largest absolute Gasteiger partial charge is 0.465 e. The van der Waals surface area contributed by atoms with Crippen molar-refractivity contribution in [3.8, 4) is 0 Å². The molecule has 0 radical (unpaired) electrons. The van der Waals surface area contributed by atoms with Crippen LogP contribution in [0.5, 0.6) is 0 Å². The van der Waals surface area contributed by atoms with Gasteiger partial charge in [-0.25, -0.2) is 0 Å². The molecule has 1 aliphatic rings. The highest BCUT2D eigenvalue weighted by Gasteiger charge is 2.31.